The number of amides is 1. The number of non-ortho nitro benzene ring substituents is 1. The monoisotopic (exact) mass is 482 g/mol. The first kappa shape index (κ1) is 22.2. The fraction of sp³-hybridized carbons (Fsp3) is 0.261. The summed E-state index contributed by atoms with van der Waals surface area (Å²) in [4.78, 5) is 39.3. The number of anilines is 1. The standard InChI is InChI=1S/C23H20ClFN6O3/c1-28-6-8-29(9-7-28)13-19-23(32)30-20-5-3-15(31(33)34)11-17(20)22(26-12-21(30)27-19)16-4-2-14(25)10-18(16)24/h2-5,10-11,13H,6-9,12H2,1H3/b19-13-. The lowest BCUT2D eigenvalue weighted by Gasteiger charge is -2.31. The van der Waals surface area contributed by atoms with Crippen LogP contribution in [0.25, 0.3) is 0 Å². The third-order valence-corrected chi connectivity index (χ3v) is 6.34. The molecule has 11 heteroatoms. The lowest BCUT2D eigenvalue weighted by molar-refractivity contribution is -0.384. The minimum atomic E-state index is -0.519. The molecule has 0 saturated carbocycles. The first-order valence-electron chi connectivity index (χ1n) is 10.7. The molecule has 0 N–H and O–H groups in total. The van der Waals surface area contributed by atoms with Gasteiger partial charge in [0.05, 0.1) is 27.9 Å². The number of hydrogen-bond donors (Lipinski definition) is 0. The molecule has 0 bridgehead atoms. The fourth-order valence-electron chi connectivity index (χ4n) is 4.20. The Morgan fingerprint density at radius 2 is 1.88 bits per heavy atom. The molecule has 0 atom stereocenters. The van der Waals surface area contributed by atoms with Gasteiger partial charge in [0, 0.05) is 55.6 Å². The molecule has 5 rings (SSSR count). The fourth-order valence-corrected chi connectivity index (χ4v) is 4.46. The zero-order valence-corrected chi connectivity index (χ0v) is 19.0. The molecule has 0 radical (unpaired) electrons. The molecule has 3 aliphatic heterocycles. The molecule has 174 valence electrons. The van der Waals surface area contributed by atoms with Gasteiger partial charge in [-0.05, 0) is 31.3 Å². The molecule has 9 nitrogen and oxygen atoms in total. The number of fused-ring (bicyclic) bond motifs is 3. The van der Waals surface area contributed by atoms with Crippen LogP contribution in [0.1, 0.15) is 11.1 Å². The molecule has 0 unspecified atom stereocenters. The van der Waals surface area contributed by atoms with E-state index in [-0.39, 0.29) is 23.2 Å². The first-order valence-corrected chi connectivity index (χ1v) is 11.0. The summed E-state index contributed by atoms with van der Waals surface area (Å²) < 4.78 is 13.7. The second-order valence-electron chi connectivity index (χ2n) is 8.27. The summed E-state index contributed by atoms with van der Waals surface area (Å²) in [5.74, 6) is -0.430. The molecular weight excluding hydrogens is 463 g/mol. The van der Waals surface area contributed by atoms with Crippen molar-refractivity contribution in [3.63, 3.8) is 0 Å². The number of carbonyl (C=O) groups excluding carboxylic acids is 1. The Labute approximate surface area is 199 Å². The van der Waals surface area contributed by atoms with Crippen molar-refractivity contribution < 1.29 is 14.1 Å². The van der Waals surface area contributed by atoms with Crippen LogP contribution in [0.4, 0.5) is 15.8 Å². The van der Waals surface area contributed by atoms with Gasteiger partial charge in [-0.25, -0.2) is 9.38 Å². The molecule has 1 fully saturated rings. The molecule has 0 spiro atoms. The molecule has 0 aliphatic carbocycles. The van der Waals surface area contributed by atoms with Gasteiger partial charge < -0.3 is 9.80 Å². The number of piperazine rings is 1. The van der Waals surface area contributed by atoms with Gasteiger partial charge in [0.1, 0.15) is 17.3 Å². The van der Waals surface area contributed by atoms with Crippen molar-refractivity contribution in [2.24, 2.45) is 9.98 Å². The average molecular weight is 483 g/mol. The Bertz CT molecular complexity index is 1300. The first-order chi connectivity index (χ1) is 16.3. The van der Waals surface area contributed by atoms with Gasteiger partial charge in [-0.1, -0.05) is 11.6 Å². The lowest BCUT2D eigenvalue weighted by atomic mass is 9.99. The maximum Gasteiger partial charge on any atom is 0.284 e. The van der Waals surface area contributed by atoms with Crippen molar-refractivity contribution in [1.29, 1.82) is 0 Å². The molecule has 1 amide bonds. The molecule has 3 heterocycles. The van der Waals surface area contributed by atoms with E-state index in [4.69, 9.17) is 11.6 Å². The largest absolute Gasteiger partial charge is 0.373 e. The maximum absolute atomic E-state index is 13.7. The van der Waals surface area contributed by atoms with E-state index >= 15 is 0 Å². The maximum atomic E-state index is 13.7. The summed E-state index contributed by atoms with van der Waals surface area (Å²) in [6.45, 7) is 3.39. The molecule has 34 heavy (non-hydrogen) atoms. The minimum Gasteiger partial charge on any atom is -0.373 e. The number of benzene rings is 2. The summed E-state index contributed by atoms with van der Waals surface area (Å²) >= 11 is 6.29. The van der Waals surface area contributed by atoms with Crippen molar-refractivity contribution in [2.75, 3.05) is 44.7 Å². The summed E-state index contributed by atoms with van der Waals surface area (Å²) in [5, 5.41) is 11.6. The van der Waals surface area contributed by atoms with Gasteiger partial charge in [-0.2, -0.15) is 0 Å². The Kier molecular flexibility index (Phi) is 5.62. The number of halogens is 2. The molecule has 2 aromatic rings. The van der Waals surface area contributed by atoms with Crippen LogP contribution in [0.2, 0.25) is 5.02 Å². The highest BCUT2D eigenvalue weighted by molar-refractivity contribution is 6.37. The van der Waals surface area contributed by atoms with Gasteiger partial charge in [0.15, 0.2) is 0 Å². The van der Waals surface area contributed by atoms with Crippen LogP contribution >= 0.6 is 11.6 Å². The van der Waals surface area contributed by atoms with Crippen LogP contribution in [0, 0.1) is 15.9 Å². The Morgan fingerprint density at radius 1 is 1.12 bits per heavy atom. The predicted molar refractivity (Wildman–Crippen MR) is 127 cm³/mol. The SMILES string of the molecule is CN1CCN(/C=C2\N=C3CN=C(c4ccc(F)cc4Cl)c4cc([N+](=O)[O-])ccc4N3C2=O)CC1. The second-order valence-corrected chi connectivity index (χ2v) is 8.68. The van der Waals surface area contributed by atoms with Crippen LogP contribution in [0.3, 0.4) is 0 Å². The van der Waals surface area contributed by atoms with Gasteiger partial charge in [-0.15, -0.1) is 0 Å². The van der Waals surface area contributed by atoms with Crippen molar-refractivity contribution in [1.82, 2.24) is 9.80 Å². The average Bonchev–Trinajstić information content (AvgIpc) is 3.01. The van der Waals surface area contributed by atoms with E-state index in [0.29, 0.717) is 34.1 Å². The number of nitro groups is 1. The number of nitro benzene ring substituents is 1. The Morgan fingerprint density at radius 3 is 2.59 bits per heavy atom. The highest BCUT2D eigenvalue weighted by atomic mass is 35.5. The normalized spacial score (nSPS) is 19.5. The van der Waals surface area contributed by atoms with E-state index in [2.05, 4.69) is 19.8 Å². The number of likely N-dealkylation sites (N-methyl/N-ethyl adjacent to an activating group) is 1. The number of amidine groups is 1. The van der Waals surface area contributed by atoms with Gasteiger partial charge in [0.25, 0.3) is 11.6 Å². The number of nitrogens with zero attached hydrogens (tertiary/aromatic N) is 6. The van der Waals surface area contributed by atoms with Gasteiger partial charge in [-0.3, -0.25) is 24.8 Å². The minimum absolute atomic E-state index is 0.0529. The molecule has 0 aromatic heterocycles. The van der Waals surface area contributed by atoms with Crippen LogP contribution in [0.5, 0.6) is 0 Å². The highest BCUT2D eigenvalue weighted by Crippen LogP contribution is 2.35. The third-order valence-electron chi connectivity index (χ3n) is 6.02. The molecule has 1 saturated heterocycles. The predicted octanol–water partition coefficient (Wildman–Crippen LogP) is 3.07. The molecular formula is C23H20ClFN6O3. The number of hydrogen-bond acceptors (Lipinski definition) is 7. The third kappa shape index (κ3) is 3.95. The van der Waals surface area contributed by atoms with Gasteiger partial charge in [0.2, 0.25) is 0 Å². The van der Waals surface area contributed by atoms with E-state index in [0.717, 1.165) is 32.2 Å². The topological polar surface area (TPSA) is 94.7 Å². The summed E-state index contributed by atoms with van der Waals surface area (Å²) in [6, 6.07) is 8.07. The quantitative estimate of drug-likeness (QED) is 0.380. The zero-order chi connectivity index (χ0) is 24.0. The Hall–Kier alpha value is -3.63. The Balaban J connectivity index is 1.61. The molecule has 2 aromatic carbocycles. The summed E-state index contributed by atoms with van der Waals surface area (Å²) in [7, 11) is 2.05. The molecule has 3 aliphatic rings. The summed E-state index contributed by atoms with van der Waals surface area (Å²) in [6.07, 6.45) is 1.77. The zero-order valence-electron chi connectivity index (χ0n) is 18.2. The van der Waals surface area contributed by atoms with Crippen molar-refractivity contribution in [3.05, 3.63) is 80.4 Å². The van der Waals surface area contributed by atoms with Crippen LogP contribution in [-0.2, 0) is 4.79 Å². The second kappa shape index (κ2) is 8.62. The van der Waals surface area contributed by atoms with E-state index < -0.39 is 10.7 Å². The van der Waals surface area contributed by atoms with Crippen molar-refractivity contribution in [3.8, 4) is 0 Å². The lowest BCUT2D eigenvalue weighted by Crippen LogP contribution is -2.42. The smallest absolute Gasteiger partial charge is 0.284 e. The van der Waals surface area contributed by atoms with Crippen LogP contribution in [0.15, 0.2) is 58.3 Å². The number of carbonyl (C=O) groups is 1. The van der Waals surface area contributed by atoms with Crippen LogP contribution in [-0.4, -0.2) is 71.9 Å². The van der Waals surface area contributed by atoms with Crippen molar-refractivity contribution >= 4 is 40.4 Å². The van der Waals surface area contributed by atoms with E-state index in [1.54, 1.807) is 6.20 Å². The van der Waals surface area contributed by atoms with E-state index in [1.165, 1.54) is 35.2 Å². The number of aliphatic imine (C=N–C) groups is 2. The van der Waals surface area contributed by atoms with E-state index in [1.807, 2.05) is 7.05 Å². The van der Waals surface area contributed by atoms with Gasteiger partial charge >= 0.3 is 0 Å². The highest BCUT2D eigenvalue weighted by Gasteiger charge is 2.37. The number of rotatable bonds is 3. The van der Waals surface area contributed by atoms with Crippen LogP contribution < -0.4 is 4.90 Å². The van der Waals surface area contributed by atoms with Crippen molar-refractivity contribution in [2.45, 2.75) is 0 Å². The summed E-state index contributed by atoms with van der Waals surface area (Å²) in [5.41, 5.74) is 1.63. The van der Waals surface area contributed by atoms with E-state index in [9.17, 15) is 19.3 Å².